The summed E-state index contributed by atoms with van der Waals surface area (Å²) >= 11 is 0. The number of benzene rings is 1. The van der Waals surface area contributed by atoms with Crippen molar-refractivity contribution in [3.8, 4) is 0 Å². The van der Waals surface area contributed by atoms with Gasteiger partial charge in [-0.1, -0.05) is 25.0 Å². The van der Waals surface area contributed by atoms with Crippen LogP contribution in [0.4, 0.5) is 5.69 Å². The Morgan fingerprint density at radius 1 is 1.25 bits per heavy atom. The summed E-state index contributed by atoms with van der Waals surface area (Å²) in [6.45, 7) is 4.90. The van der Waals surface area contributed by atoms with Crippen LogP contribution < -0.4 is 10.6 Å². The molecule has 1 atom stereocenters. The molecule has 4 heteroatoms. The Morgan fingerprint density at radius 2 is 2.00 bits per heavy atom. The summed E-state index contributed by atoms with van der Waals surface area (Å²) in [7, 11) is 0. The summed E-state index contributed by atoms with van der Waals surface area (Å²) in [5.74, 6) is -0.0494. The van der Waals surface area contributed by atoms with Crippen molar-refractivity contribution < 1.29 is 9.90 Å². The molecule has 112 valence electrons. The molecule has 20 heavy (non-hydrogen) atoms. The Morgan fingerprint density at radius 3 is 2.70 bits per heavy atom. The predicted octanol–water partition coefficient (Wildman–Crippen LogP) is 2.85. The summed E-state index contributed by atoms with van der Waals surface area (Å²) < 4.78 is 0. The van der Waals surface area contributed by atoms with E-state index in [1.807, 2.05) is 18.2 Å². The summed E-state index contributed by atoms with van der Waals surface area (Å²) in [5.41, 5.74) is 2.01. The number of aliphatic hydroxyl groups excluding tert-OH is 1. The van der Waals surface area contributed by atoms with Crippen LogP contribution in [0.2, 0.25) is 0 Å². The second-order valence-electron chi connectivity index (χ2n) is 5.12. The van der Waals surface area contributed by atoms with Gasteiger partial charge in [-0.2, -0.15) is 0 Å². The Hall–Kier alpha value is -1.39. The van der Waals surface area contributed by atoms with Gasteiger partial charge in [0.25, 0.3) is 0 Å². The third-order valence-electron chi connectivity index (χ3n) is 3.24. The number of carbonyl (C=O) groups excluding carboxylic acids is 1. The van der Waals surface area contributed by atoms with Crippen LogP contribution in [-0.2, 0) is 4.79 Å². The van der Waals surface area contributed by atoms with Crippen LogP contribution in [0.1, 0.15) is 51.1 Å². The van der Waals surface area contributed by atoms with Gasteiger partial charge < -0.3 is 15.7 Å². The first-order valence-electron chi connectivity index (χ1n) is 7.35. The van der Waals surface area contributed by atoms with Crippen molar-refractivity contribution in [2.75, 3.05) is 18.5 Å². The lowest BCUT2D eigenvalue weighted by Crippen LogP contribution is -2.20. The molecule has 0 bridgehead atoms. The highest BCUT2D eigenvalue weighted by molar-refractivity contribution is 5.88. The number of nitrogens with one attached hydrogen (secondary N) is 2. The molecule has 1 rings (SSSR count). The van der Waals surface area contributed by atoms with Gasteiger partial charge in [0.1, 0.15) is 0 Å². The lowest BCUT2D eigenvalue weighted by atomic mass is 10.1. The molecule has 4 nitrogen and oxygen atoms in total. The fourth-order valence-electron chi connectivity index (χ4n) is 2.12. The number of hydrogen-bond acceptors (Lipinski definition) is 3. The average Bonchev–Trinajstić information content (AvgIpc) is 2.42. The molecular weight excluding hydrogens is 252 g/mol. The van der Waals surface area contributed by atoms with Crippen LogP contribution in [0, 0.1) is 0 Å². The zero-order valence-electron chi connectivity index (χ0n) is 12.5. The predicted molar refractivity (Wildman–Crippen MR) is 82.7 cm³/mol. The van der Waals surface area contributed by atoms with Crippen LogP contribution in [0.5, 0.6) is 0 Å². The normalized spacial score (nSPS) is 12.2. The van der Waals surface area contributed by atoms with E-state index in [1.165, 1.54) is 12.5 Å². The van der Waals surface area contributed by atoms with E-state index < -0.39 is 0 Å². The van der Waals surface area contributed by atoms with E-state index in [2.05, 4.69) is 23.6 Å². The lowest BCUT2D eigenvalue weighted by molar-refractivity contribution is -0.114. The topological polar surface area (TPSA) is 61.4 Å². The van der Waals surface area contributed by atoms with Crippen molar-refractivity contribution in [2.24, 2.45) is 0 Å². The Balaban J connectivity index is 2.35. The first kappa shape index (κ1) is 16.7. The van der Waals surface area contributed by atoms with Crippen LogP contribution in [0.25, 0.3) is 0 Å². The van der Waals surface area contributed by atoms with Crippen LogP contribution >= 0.6 is 0 Å². The minimum Gasteiger partial charge on any atom is -0.396 e. The highest BCUT2D eigenvalue weighted by Crippen LogP contribution is 2.17. The molecule has 0 radical (unpaired) electrons. The maximum absolute atomic E-state index is 11.0. The Bertz CT molecular complexity index is 407. The first-order chi connectivity index (χ1) is 9.63. The molecule has 0 aromatic heterocycles. The monoisotopic (exact) mass is 278 g/mol. The van der Waals surface area contributed by atoms with Crippen molar-refractivity contribution in [1.29, 1.82) is 0 Å². The van der Waals surface area contributed by atoms with E-state index in [0.29, 0.717) is 6.61 Å². The Kier molecular flexibility index (Phi) is 7.92. The fraction of sp³-hybridized carbons (Fsp3) is 0.562. The van der Waals surface area contributed by atoms with Gasteiger partial charge in [0.05, 0.1) is 0 Å². The second kappa shape index (κ2) is 9.50. The zero-order valence-corrected chi connectivity index (χ0v) is 12.5. The van der Waals surface area contributed by atoms with E-state index in [-0.39, 0.29) is 11.9 Å². The summed E-state index contributed by atoms with van der Waals surface area (Å²) in [5, 5.41) is 15.0. The van der Waals surface area contributed by atoms with Crippen molar-refractivity contribution in [2.45, 2.75) is 45.6 Å². The quantitative estimate of drug-likeness (QED) is 0.609. The molecular formula is C16H26N2O2. The second-order valence-corrected chi connectivity index (χ2v) is 5.12. The number of carbonyl (C=O) groups is 1. The summed E-state index contributed by atoms with van der Waals surface area (Å²) in [6, 6.07) is 8.19. The van der Waals surface area contributed by atoms with Crippen molar-refractivity contribution in [3.05, 3.63) is 29.8 Å². The Labute approximate surface area is 121 Å². The number of hydrogen-bond donors (Lipinski definition) is 3. The zero-order chi connectivity index (χ0) is 14.8. The number of unbranched alkanes of at least 4 members (excludes halogenated alkanes) is 3. The van der Waals surface area contributed by atoms with Gasteiger partial charge in [0.15, 0.2) is 0 Å². The maximum Gasteiger partial charge on any atom is 0.221 e. The molecule has 0 aliphatic rings. The average molecular weight is 278 g/mol. The van der Waals surface area contributed by atoms with E-state index >= 15 is 0 Å². The lowest BCUT2D eigenvalue weighted by Gasteiger charge is -2.15. The van der Waals surface area contributed by atoms with Gasteiger partial charge >= 0.3 is 0 Å². The van der Waals surface area contributed by atoms with Crippen molar-refractivity contribution in [3.63, 3.8) is 0 Å². The number of rotatable bonds is 9. The third-order valence-corrected chi connectivity index (χ3v) is 3.24. The van der Waals surface area contributed by atoms with Crippen molar-refractivity contribution in [1.82, 2.24) is 5.32 Å². The van der Waals surface area contributed by atoms with Gasteiger partial charge in [-0.15, -0.1) is 0 Å². The van der Waals surface area contributed by atoms with E-state index in [1.54, 1.807) is 0 Å². The summed E-state index contributed by atoms with van der Waals surface area (Å²) in [4.78, 5) is 11.0. The molecule has 1 unspecified atom stereocenters. The van der Waals surface area contributed by atoms with Gasteiger partial charge in [0, 0.05) is 25.3 Å². The minimum atomic E-state index is -0.0494. The molecule has 0 aliphatic carbocycles. The maximum atomic E-state index is 11.0. The van der Waals surface area contributed by atoms with Crippen LogP contribution in [0.15, 0.2) is 24.3 Å². The molecule has 0 fully saturated rings. The molecule has 1 aromatic rings. The molecule has 1 amide bonds. The van der Waals surface area contributed by atoms with Crippen molar-refractivity contribution >= 4 is 11.6 Å². The SMILES string of the molecule is CC(=O)Nc1cccc(C(C)NCCCCCCO)c1. The van der Waals surface area contributed by atoms with E-state index in [0.717, 1.165) is 37.9 Å². The number of aliphatic hydroxyl groups is 1. The van der Waals surface area contributed by atoms with E-state index in [4.69, 9.17) is 5.11 Å². The van der Waals surface area contributed by atoms with Gasteiger partial charge in [-0.05, 0) is 44.0 Å². The molecule has 0 aliphatic heterocycles. The smallest absolute Gasteiger partial charge is 0.221 e. The minimum absolute atomic E-state index is 0.0494. The molecule has 1 aromatic carbocycles. The van der Waals surface area contributed by atoms with Gasteiger partial charge in [-0.25, -0.2) is 0 Å². The fourth-order valence-corrected chi connectivity index (χ4v) is 2.12. The van der Waals surface area contributed by atoms with Crippen LogP contribution in [0.3, 0.4) is 0 Å². The summed E-state index contributed by atoms with van der Waals surface area (Å²) in [6.07, 6.45) is 4.25. The number of amides is 1. The number of anilines is 1. The molecule has 0 heterocycles. The van der Waals surface area contributed by atoms with Crippen LogP contribution in [-0.4, -0.2) is 24.2 Å². The molecule has 0 spiro atoms. The largest absolute Gasteiger partial charge is 0.396 e. The van der Waals surface area contributed by atoms with E-state index in [9.17, 15) is 4.79 Å². The molecule has 0 saturated heterocycles. The highest BCUT2D eigenvalue weighted by atomic mass is 16.2. The molecule has 3 N–H and O–H groups in total. The first-order valence-corrected chi connectivity index (χ1v) is 7.35. The third kappa shape index (κ3) is 6.68. The standard InChI is InChI=1S/C16H26N2O2/c1-13(17-10-5-3-4-6-11-19)15-8-7-9-16(12-15)18-14(2)20/h7-9,12-13,17,19H,3-6,10-11H2,1-2H3,(H,18,20). The van der Waals surface area contributed by atoms with Gasteiger partial charge in [-0.3, -0.25) is 4.79 Å². The molecule has 0 saturated carbocycles. The van der Waals surface area contributed by atoms with Gasteiger partial charge in [0.2, 0.25) is 5.91 Å². The highest BCUT2D eigenvalue weighted by Gasteiger charge is 2.05.